The molecular formula is C14H16N4O. The molecule has 3 rings (SSSR count). The van der Waals surface area contributed by atoms with E-state index in [0.29, 0.717) is 12.4 Å². The van der Waals surface area contributed by atoms with Crippen molar-refractivity contribution in [1.29, 1.82) is 0 Å². The normalized spacial score (nSPS) is 14.1. The summed E-state index contributed by atoms with van der Waals surface area (Å²) in [7, 11) is 1.99. The molecule has 2 aromatic heterocycles. The molecule has 0 atom stereocenters. The second-order valence-corrected chi connectivity index (χ2v) is 4.88. The van der Waals surface area contributed by atoms with Crippen LogP contribution in [0.15, 0.2) is 18.3 Å². The van der Waals surface area contributed by atoms with Gasteiger partial charge in [-0.1, -0.05) is 0 Å². The van der Waals surface area contributed by atoms with E-state index in [0.717, 1.165) is 34.5 Å². The Morgan fingerprint density at radius 3 is 2.89 bits per heavy atom. The van der Waals surface area contributed by atoms with Crippen molar-refractivity contribution >= 4 is 11.7 Å². The minimum Gasteiger partial charge on any atom is -0.384 e. The van der Waals surface area contributed by atoms with E-state index in [1.54, 1.807) is 6.20 Å². The lowest BCUT2D eigenvalue weighted by molar-refractivity contribution is 0.0945. The molecule has 0 bridgehead atoms. The van der Waals surface area contributed by atoms with Crippen molar-refractivity contribution in [3.63, 3.8) is 0 Å². The van der Waals surface area contributed by atoms with Crippen molar-refractivity contribution in [2.24, 2.45) is 7.05 Å². The molecule has 0 saturated heterocycles. The van der Waals surface area contributed by atoms with E-state index in [4.69, 9.17) is 5.73 Å². The summed E-state index contributed by atoms with van der Waals surface area (Å²) in [5.74, 6) is 0.493. The van der Waals surface area contributed by atoms with E-state index in [1.165, 1.54) is 0 Å². The van der Waals surface area contributed by atoms with Gasteiger partial charge in [0.2, 0.25) is 0 Å². The second kappa shape index (κ2) is 4.12. The molecule has 2 aromatic rings. The number of carbonyl (C=O) groups is 1. The number of fused-ring (bicyclic) bond motifs is 1. The highest BCUT2D eigenvalue weighted by molar-refractivity contribution is 5.98. The van der Waals surface area contributed by atoms with Crippen LogP contribution in [0.3, 0.4) is 0 Å². The largest absolute Gasteiger partial charge is 0.384 e. The number of nitrogens with two attached hydrogens (primary N) is 1. The first-order chi connectivity index (χ1) is 9.08. The average Bonchev–Trinajstić information content (AvgIpc) is 2.72. The van der Waals surface area contributed by atoms with E-state index >= 15 is 0 Å². The van der Waals surface area contributed by atoms with Crippen LogP contribution in [0.25, 0.3) is 11.3 Å². The zero-order chi connectivity index (χ0) is 13.6. The number of hydrogen-bond acceptors (Lipinski definition) is 3. The third-order valence-electron chi connectivity index (χ3n) is 3.65. The monoisotopic (exact) mass is 256 g/mol. The van der Waals surface area contributed by atoms with Crippen molar-refractivity contribution in [3.05, 3.63) is 35.2 Å². The summed E-state index contributed by atoms with van der Waals surface area (Å²) in [4.78, 5) is 16.0. The highest BCUT2D eigenvalue weighted by Gasteiger charge is 2.23. The van der Waals surface area contributed by atoms with Crippen LogP contribution in [0.4, 0.5) is 5.82 Å². The Kier molecular flexibility index (Phi) is 2.55. The predicted molar refractivity (Wildman–Crippen MR) is 73.8 cm³/mol. The molecule has 5 nitrogen and oxygen atoms in total. The van der Waals surface area contributed by atoms with Gasteiger partial charge in [0.1, 0.15) is 5.82 Å². The molecule has 0 spiro atoms. The standard InChI is InChI=1S/C14H16N4O/c1-8-7-17-13(15)6-9(8)12-5-10-11(18(12)2)3-4-16-14(10)19/h5-7H,3-4H2,1-2H3,(H2,15,17)(H,16,19). The van der Waals surface area contributed by atoms with Crippen LogP contribution in [0.1, 0.15) is 21.6 Å². The molecule has 19 heavy (non-hydrogen) atoms. The van der Waals surface area contributed by atoms with Gasteiger partial charge in [-0.05, 0) is 24.6 Å². The van der Waals surface area contributed by atoms with Gasteiger partial charge in [-0.15, -0.1) is 0 Å². The molecule has 1 aliphatic heterocycles. The Morgan fingerprint density at radius 2 is 2.16 bits per heavy atom. The molecule has 0 radical (unpaired) electrons. The van der Waals surface area contributed by atoms with Crippen molar-refractivity contribution < 1.29 is 4.79 Å². The van der Waals surface area contributed by atoms with Crippen LogP contribution in [-0.2, 0) is 13.5 Å². The summed E-state index contributed by atoms with van der Waals surface area (Å²) < 4.78 is 2.08. The van der Waals surface area contributed by atoms with Crippen LogP contribution < -0.4 is 11.1 Å². The number of anilines is 1. The fourth-order valence-electron chi connectivity index (χ4n) is 2.61. The fourth-order valence-corrected chi connectivity index (χ4v) is 2.61. The van der Waals surface area contributed by atoms with Crippen LogP contribution in [0, 0.1) is 6.92 Å². The maximum absolute atomic E-state index is 11.9. The lowest BCUT2D eigenvalue weighted by Crippen LogP contribution is -2.31. The molecule has 0 aromatic carbocycles. The molecule has 0 fully saturated rings. The van der Waals surface area contributed by atoms with Gasteiger partial charge in [-0.25, -0.2) is 4.98 Å². The smallest absolute Gasteiger partial charge is 0.253 e. The molecule has 0 saturated carbocycles. The number of hydrogen-bond donors (Lipinski definition) is 2. The maximum Gasteiger partial charge on any atom is 0.253 e. The van der Waals surface area contributed by atoms with E-state index in [2.05, 4.69) is 14.9 Å². The van der Waals surface area contributed by atoms with Gasteiger partial charge in [0.15, 0.2) is 0 Å². The lowest BCUT2D eigenvalue weighted by Gasteiger charge is -2.14. The van der Waals surface area contributed by atoms with Gasteiger partial charge in [0.25, 0.3) is 5.91 Å². The zero-order valence-corrected chi connectivity index (χ0v) is 11.0. The zero-order valence-electron chi connectivity index (χ0n) is 11.0. The molecule has 1 amide bonds. The van der Waals surface area contributed by atoms with Crippen molar-refractivity contribution in [2.75, 3.05) is 12.3 Å². The summed E-state index contributed by atoms with van der Waals surface area (Å²) in [6.07, 6.45) is 2.62. The number of aromatic nitrogens is 2. The fraction of sp³-hybridized carbons (Fsp3) is 0.286. The Hall–Kier alpha value is -2.30. The number of rotatable bonds is 1. The van der Waals surface area contributed by atoms with Crippen molar-refractivity contribution in [2.45, 2.75) is 13.3 Å². The van der Waals surface area contributed by atoms with E-state index in [9.17, 15) is 4.79 Å². The first-order valence-corrected chi connectivity index (χ1v) is 6.27. The summed E-state index contributed by atoms with van der Waals surface area (Å²) in [5.41, 5.74) is 10.7. The molecule has 3 N–H and O–H groups in total. The molecule has 98 valence electrons. The van der Waals surface area contributed by atoms with E-state index in [1.807, 2.05) is 26.1 Å². The summed E-state index contributed by atoms with van der Waals surface area (Å²) in [6.45, 7) is 2.69. The van der Waals surface area contributed by atoms with E-state index in [-0.39, 0.29) is 5.91 Å². The maximum atomic E-state index is 11.9. The highest BCUT2D eigenvalue weighted by Crippen LogP contribution is 2.29. The summed E-state index contributed by atoms with van der Waals surface area (Å²) >= 11 is 0. The van der Waals surface area contributed by atoms with Crippen LogP contribution in [0.5, 0.6) is 0 Å². The highest BCUT2D eigenvalue weighted by atomic mass is 16.1. The quantitative estimate of drug-likeness (QED) is 0.807. The number of nitrogen functional groups attached to an aromatic ring is 1. The van der Waals surface area contributed by atoms with Crippen molar-refractivity contribution in [1.82, 2.24) is 14.9 Å². The van der Waals surface area contributed by atoms with Crippen LogP contribution in [0.2, 0.25) is 0 Å². The molecule has 1 aliphatic rings. The van der Waals surface area contributed by atoms with Gasteiger partial charge >= 0.3 is 0 Å². The SMILES string of the molecule is Cc1cnc(N)cc1-c1cc2c(n1C)CCNC2=O. The second-order valence-electron chi connectivity index (χ2n) is 4.88. The number of carbonyl (C=O) groups excluding carboxylic acids is 1. The number of amides is 1. The van der Waals surface area contributed by atoms with Gasteiger partial charge in [0, 0.05) is 43.2 Å². The van der Waals surface area contributed by atoms with Crippen LogP contribution >= 0.6 is 0 Å². The molecular weight excluding hydrogens is 240 g/mol. The first-order valence-electron chi connectivity index (χ1n) is 6.27. The van der Waals surface area contributed by atoms with Gasteiger partial charge < -0.3 is 15.6 Å². The number of nitrogens with zero attached hydrogens (tertiary/aromatic N) is 2. The predicted octanol–water partition coefficient (Wildman–Crippen LogP) is 1.26. The number of aryl methyl sites for hydroxylation is 1. The van der Waals surface area contributed by atoms with Crippen molar-refractivity contribution in [3.8, 4) is 11.3 Å². The molecule has 0 aliphatic carbocycles. The minimum atomic E-state index is 0.00258. The number of nitrogens with one attached hydrogen (secondary N) is 1. The van der Waals surface area contributed by atoms with E-state index < -0.39 is 0 Å². The molecule has 0 unspecified atom stereocenters. The Bertz CT molecular complexity index is 672. The average molecular weight is 256 g/mol. The third kappa shape index (κ3) is 1.78. The summed E-state index contributed by atoms with van der Waals surface area (Å²) in [5, 5.41) is 2.87. The molecule has 5 heteroatoms. The number of pyridine rings is 1. The Morgan fingerprint density at radius 1 is 1.37 bits per heavy atom. The first kappa shape index (κ1) is 11.8. The Balaban J connectivity index is 2.21. The summed E-state index contributed by atoms with van der Waals surface area (Å²) in [6, 6.07) is 3.79. The van der Waals surface area contributed by atoms with Crippen LogP contribution in [-0.4, -0.2) is 22.0 Å². The van der Waals surface area contributed by atoms with Gasteiger partial charge in [0.05, 0.1) is 5.56 Å². The topological polar surface area (TPSA) is 72.9 Å². The minimum absolute atomic E-state index is 0.00258. The third-order valence-corrected chi connectivity index (χ3v) is 3.65. The molecule has 3 heterocycles. The van der Waals surface area contributed by atoms with Gasteiger partial charge in [-0.3, -0.25) is 4.79 Å². The Labute approximate surface area is 111 Å². The van der Waals surface area contributed by atoms with Gasteiger partial charge in [-0.2, -0.15) is 0 Å². The lowest BCUT2D eigenvalue weighted by atomic mass is 10.1.